The van der Waals surface area contributed by atoms with Crippen LogP contribution < -0.4 is 0 Å². The summed E-state index contributed by atoms with van der Waals surface area (Å²) >= 11 is 0. The van der Waals surface area contributed by atoms with Crippen molar-refractivity contribution in [3.63, 3.8) is 0 Å². The van der Waals surface area contributed by atoms with Crippen molar-refractivity contribution in [2.24, 2.45) is 0 Å². The molecule has 3 heteroatoms. The molecule has 0 heterocycles. The summed E-state index contributed by atoms with van der Waals surface area (Å²) in [5.41, 5.74) is 3.61. The monoisotopic (exact) mass is 323 g/mol. The van der Waals surface area contributed by atoms with Crippen molar-refractivity contribution in [2.45, 2.75) is 26.7 Å². The minimum absolute atomic E-state index is 0.158. The summed E-state index contributed by atoms with van der Waals surface area (Å²) in [6.45, 7) is 5.23. The van der Waals surface area contributed by atoms with Gasteiger partial charge in [-0.2, -0.15) is 0 Å². The minimum atomic E-state index is 0.158. The summed E-state index contributed by atoms with van der Waals surface area (Å²) in [5.74, 6) is 0.315. The van der Waals surface area contributed by atoms with Gasteiger partial charge in [0.25, 0.3) is 0 Å². The highest BCUT2D eigenvalue weighted by molar-refractivity contribution is 5.98. The molecule has 0 aromatic heterocycles. The third-order valence-electron chi connectivity index (χ3n) is 4.33. The minimum Gasteiger partial charge on any atom is -0.305 e. The Labute approximate surface area is 144 Å². The van der Waals surface area contributed by atoms with E-state index in [0.717, 1.165) is 22.3 Å². The van der Waals surface area contributed by atoms with Gasteiger partial charge in [-0.25, -0.2) is 0 Å². The normalized spacial score (nSPS) is 10.8. The smallest absolute Gasteiger partial charge is 0.164 e. The van der Waals surface area contributed by atoms with E-state index in [2.05, 4.69) is 0 Å². The van der Waals surface area contributed by atoms with Crippen LogP contribution in [-0.4, -0.2) is 36.6 Å². The van der Waals surface area contributed by atoms with Gasteiger partial charge in [0, 0.05) is 37.1 Å². The van der Waals surface area contributed by atoms with Crippen LogP contribution in [0.4, 0.5) is 0 Å². The average molecular weight is 323 g/mol. The Morgan fingerprint density at radius 3 is 1.50 bits per heavy atom. The molecular weight excluding hydrogens is 298 g/mol. The molecule has 0 spiro atoms. The third-order valence-corrected chi connectivity index (χ3v) is 4.33. The fraction of sp³-hybridized carbons (Fsp3) is 0.333. The summed E-state index contributed by atoms with van der Waals surface area (Å²) in [4.78, 5) is 26.6. The van der Waals surface area contributed by atoms with E-state index in [1.807, 2.05) is 74.3 Å². The number of rotatable bonds is 8. The van der Waals surface area contributed by atoms with Crippen molar-refractivity contribution >= 4 is 11.6 Å². The Bertz CT molecular complexity index is 660. The largest absolute Gasteiger partial charge is 0.305 e. The molecular formula is C21H25NO2. The van der Waals surface area contributed by atoms with Gasteiger partial charge in [-0.1, -0.05) is 48.5 Å². The summed E-state index contributed by atoms with van der Waals surface area (Å²) in [5, 5.41) is 0. The number of ketones is 2. The Hall–Kier alpha value is -2.26. The average Bonchev–Trinajstić information content (AvgIpc) is 2.58. The van der Waals surface area contributed by atoms with Gasteiger partial charge in [-0.15, -0.1) is 0 Å². The lowest BCUT2D eigenvalue weighted by Gasteiger charge is -2.16. The molecule has 0 amide bonds. The predicted molar refractivity (Wildman–Crippen MR) is 97.8 cm³/mol. The second kappa shape index (κ2) is 8.55. The fourth-order valence-corrected chi connectivity index (χ4v) is 2.74. The zero-order chi connectivity index (χ0) is 17.5. The fourth-order valence-electron chi connectivity index (χ4n) is 2.74. The number of aryl methyl sites for hydroxylation is 2. The summed E-state index contributed by atoms with van der Waals surface area (Å²) < 4.78 is 0. The molecule has 0 aliphatic carbocycles. The molecule has 0 unspecified atom stereocenters. The van der Waals surface area contributed by atoms with Gasteiger partial charge in [0.05, 0.1) is 0 Å². The highest BCUT2D eigenvalue weighted by Gasteiger charge is 2.12. The second-order valence-electron chi connectivity index (χ2n) is 6.28. The molecule has 0 N–H and O–H groups in total. The van der Waals surface area contributed by atoms with Gasteiger partial charge < -0.3 is 4.90 Å². The molecule has 2 aromatic rings. The van der Waals surface area contributed by atoms with E-state index in [1.165, 1.54) is 0 Å². The van der Waals surface area contributed by atoms with E-state index in [4.69, 9.17) is 0 Å². The number of hydrogen-bond acceptors (Lipinski definition) is 3. The molecule has 0 aliphatic rings. The molecule has 2 rings (SSSR count). The first-order chi connectivity index (χ1) is 11.5. The first-order valence-corrected chi connectivity index (χ1v) is 8.35. The van der Waals surface area contributed by atoms with Gasteiger partial charge in [0.2, 0.25) is 0 Å². The first kappa shape index (κ1) is 18.1. The van der Waals surface area contributed by atoms with Crippen molar-refractivity contribution in [3.8, 4) is 0 Å². The zero-order valence-corrected chi connectivity index (χ0v) is 14.7. The maximum Gasteiger partial charge on any atom is 0.164 e. The predicted octanol–water partition coefficient (Wildman–Crippen LogP) is 4.08. The quantitative estimate of drug-likeness (QED) is 0.687. The van der Waals surface area contributed by atoms with Crippen LogP contribution in [-0.2, 0) is 0 Å². The van der Waals surface area contributed by atoms with Gasteiger partial charge >= 0.3 is 0 Å². The maximum atomic E-state index is 12.3. The van der Waals surface area contributed by atoms with Crippen LogP contribution in [0.1, 0.15) is 44.7 Å². The molecule has 126 valence electrons. The SMILES string of the molecule is Cc1ccccc1C(=O)CCN(C)CCC(=O)c1ccccc1C. The topological polar surface area (TPSA) is 37.4 Å². The van der Waals surface area contributed by atoms with E-state index < -0.39 is 0 Å². The van der Waals surface area contributed by atoms with E-state index in [9.17, 15) is 9.59 Å². The lowest BCUT2D eigenvalue weighted by atomic mass is 10.0. The number of nitrogens with zero attached hydrogens (tertiary/aromatic N) is 1. The van der Waals surface area contributed by atoms with Crippen molar-refractivity contribution < 1.29 is 9.59 Å². The maximum absolute atomic E-state index is 12.3. The van der Waals surface area contributed by atoms with Crippen molar-refractivity contribution in [1.82, 2.24) is 4.90 Å². The lowest BCUT2D eigenvalue weighted by Crippen LogP contribution is -2.25. The van der Waals surface area contributed by atoms with Crippen LogP contribution in [0.5, 0.6) is 0 Å². The van der Waals surface area contributed by atoms with Gasteiger partial charge in [0.1, 0.15) is 0 Å². The molecule has 3 nitrogen and oxygen atoms in total. The molecule has 2 aromatic carbocycles. The molecule has 24 heavy (non-hydrogen) atoms. The standard InChI is InChI=1S/C21H25NO2/c1-16-8-4-6-10-18(16)20(23)12-14-22(3)15-13-21(24)19-11-7-5-9-17(19)2/h4-11H,12-15H2,1-3H3. The third kappa shape index (κ3) is 4.87. The second-order valence-corrected chi connectivity index (χ2v) is 6.28. The van der Waals surface area contributed by atoms with Crippen LogP contribution >= 0.6 is 0 Å². The zero-order valence-electron chi connectivity index (χ0n) is 14.7. The number of Topliss-reactive ketones (excluding diaryl/α,β-unsaturated/α-hetero) is 2. The number of carbonyl (C=O) groups is 2. The highest BCUT2D eigenvalue weighted by Crippen LogP contribution is 2.12. The van der Waals surface area contributed by atoms with Gasteiger partial charge in [0.15, 0.2) is 11.6 Å². The van der Waals surface area contributed by atoms with Crippen LogP contribution in [0, 0.1) is 13.8 Å². The Morgan fingerprint density at radius 1 is 0.750 bits per heavy atom. The summed E-state index contributed by atoms with van der Waals surface area (Å²) in [6, 6.07) is 15.3. The van der Waals surface area contributed by atoms with Crippen LogP contribution in [0.2, 0.25) is 0 Å². The van der Waals surface area contributed by atoms with Crippen molar-refractivity contribution in [1.29, 1.82) is 0 Å². The van der Waals surface area contributed by atoms with Gasteiger partial charge in [-0.05, 0) is 32.0 Å². The van der Waals surface area contributed by atoms with Crippen LogP contribution in [0.3, 0.4) is 0 Å². The molecule has 0 saturated carbocycles. The first-order valence-electron chi connectivity index (χ1n) is 8.35. The molecule has 0 radical (unpaired) electrons. The Kier molecular flexibility index (Phi) is 6.44. The summed E-state index contributed by atoms with van der Waals surface area (Å²) in [7, 11) is 1.95. The number of benzene rings is 2. The number of hydrogen-bond donors (Lipinski definition) is 0. The summed E-state index contributed by atoms with van der Waals surface area (Å²) in [6.07, 6.45) is 0.944. The van der Waals surface area contributed by atoms with E-state index >= 15 is 0 Å². The van der Waals surface area contributed by atoms with E-state index in [1.54, 1.807) is 0 Å². The number of carbonyl (C=O) groups excluding carboxylic acids is 2. The molecule has 0 aliphatic heterocycles. The highest BCUT2D eigenvalue weighted by atomic mass is 16.1. The molecule has 0 atom stereocenters. The molecule has 0 bridgehead atoms. The Balaban J connectivity index is 1.80. The van der Waals surface area contributed by atoms with E-state index in [-0.39, 0.29) is 11.6 Å². The van der Waals surface area contributed by atoms with Crippen molar-refractivity contribution in [3.05, 3.63) is 70.8 Å². The van der Waals surface area contributed by atoms with Crippen LogP contribution in [0.25, 0.3) is 0 Å². The molecule has 0 saturated heterocycles. The Morgan fingerprint density at radius 2 is 1.12 bits per heavy atom. The van der Waals surface area contributed by atoms with Crippen molar-refractivity contribution in [2.75, 3.05) is 20.1 Å². The lowest BCUT2D eigenvalue weighted by molar-refractivity contribution is 0.0956. The van der Waals surface area contributed by atoms with E-state index in [0.29, 0.717) is 25.9 Å². The van der Waals surface area contributed by atoms with Crippen LogP contribution in [0.15, 0.2) is 48.5 Å². The van der Waals surface area contributed by atoms with Gasteiger partial charge in [-0.3, -0.25) is 9.59 Å². The molecule has 0 fully saturated rings.